The molecule has 4 rings (SSSR count). The molecule has 2 heterocycles. The smallest absolute Gasteiger partial charge is 0.278 e. The predicted octanol–water partition coefficient (Wildman–Crippen LogP) is 4.30. The molecule has 2 aromatic carbocycles. The fraction of sp³-hybridized carbons (Fsp3) is 0.167. The fourth-order valence-corrected chi connectivity index (χ4v) is 3.42. The van der Waals surface area contributed by atoms with Crippen molar-refractivity contribution in [2.75, 3.05) is 12.4 Å². The molecule has 0 saturated carbocycles. The lowest BCUT2D eigenvalue weighted by molar-refractivity contribution is -0.137. The molecule has 2 amide bonds. The third-order valence-corrected chi connectivity index (χ3v) is 5.09. The Hall–Kier alpha value is -3.80. The predicted molar refractivity (Wildman–Crippen MR) is 114 cm³/mol. The van der Waals surface area contributed by atoms with Crippen LogP contribution >= 0.6 is 0 Å². The number of hydrogen-bond donors (Lipinski definition) is 1. The van der Waals surface area contributed by atoms with Crippen molar-refractivity contribution in [2.24, 2.45) is 0 Å². The molecule has 1 N–H and O–H groups in total. The summed E-state index contributed by atoms with van der Waals surface area (Å²) in [6.45, 7) is 4.01. The van der Waals surface area contributed by atoms with Crippen molar-refractivity contribution < 1.29 is 18.7 Å². The Bertz CT molecular complexity index is 1130. The minimum absolute atomic E-state index is 0.0717. The molecular formula is C24H22N2O4. The van der Waals surface area contributed by atoms with Crippen molar-refractivity contribution in [2.45, 2.75) is 20.4 Å². The van der Waals surface area contributed by atoms with Crippen LogP contribution in [0.4, 0.5) is 5.69 Å². The van der Waals surface area contributed by atoms with E-state index in [2.05, 4.69) is 5.32 Å². The highest BCUT2D eigenvalue weighted by molar-refractivity contribution is 6.36. The van der Waals surface area contributed by atoms with Gasteiger partial charge in [-0.1, -0.05) is 24.3 Å². The fourth-order valence-electron chi connectivity index (χ4n) is 3.42. The maximum atomic E-state index is 13.3. The van der Waals surface area contributed by atoms with Crippen LogP contribution in [0.25, 0.3) is 5.57 Å². The lowest BCUT2D eigenvalue weighted by Crippen LogP contribution is -2.31. The van der Waals surface area contributed by atoms with Gasteiger partial charge in [-0.15, -0.1) is 0 Å². The van der Waals surface area contributed by atoms with Gasteiger partial charge in [0.15, 0.2) is 0 Å². The van der Waals surface area contributed by atoms with Crippen molar-refractivity contribution in [1.29, 1.82) is 0 Å². The highest BCUT2D eigenvalue weighted by Crippen LogP contribution is 2.33. The zero-order valence-electron chi connectivity index (χ0n) is 17.1. The number of carbonyl (C=O) groups excluding carboxylic acids is 2. The Morgan fingerprint density at radius 1 is 1.00 bits per heavy atom. The van der Waals surface area contributed by atoms with Gasteiger partial charge in [-0.3, -0.25) is 14.5 Å². The number of benzene rings is 2. The Labute approximate surface area is 174 Å². The number of carbonyl (C=O) groups is 2. The molecule has 3 aromatic rings. The van der Waals surface area contributed by atoms with E-state index in [-0.39, 0.29) is 24.1 Å². The van der Waals surface area contributed by atoms with Crippen LogP contribution in [0.2, 0.25) is 0 Å². The van der Waals surface area contributed by atoms with Crippen LogP contribution in [-0.4, -0.2) is 23.8 Å². The van der Waals surface area contributed by atoms with Gasteiger partial charge in [0.2, 0.25) is 0 Å². The molecule has 0 bridgehead atoms. The minimum atomic E-state index is -0.386. The van der Waals surface area contributed by atoms with Crippen LogP contribution in [0.15, 0.2) is 71.0 Å². The van der Waals surface area contributed by atoms with Crippen molar-refractivity contribution in [3.63, 3.8) is 0 Å². The number of amides is 2. The van der Waals surface area contributed by atoms with E-state index >= 15 is 0 Å². The van der Waals surface area contributed by atoms with E-state index in [9.17, 15) is 9.59 Å². The summed E-state index contributed by atoms with van der Waals surface area (Å²) in [5, 5.41) is 3.22. The van der Waals surface area contributed by atoms with Gasteiger partial charge in [0.05, 0.1) is 25.5 Å². The molecule has 0 fully saturated rings. The zero-order chi connectivity index (χ0) is 21.3. The van der Waals surface area contributed by atoms with E-state index in [1.165, 1.54) is 11.2 Å². The second kappa shape index (κ2) is 7.91. The number of imide groups is 1. The number of anilines is 1. The number of nitrogens with zero attached hydrogens (tertiary/aromatic N) is 1. The molecule has 0 aliphatic carbocycles. The van der Waals surface area contributed by atoms with Crippen LogP contribution < -0.4 is 10.1 Å². The van der Waals surface area contributed by atoms with Gasteiger partial charge in [0.25, 0.3) is 11.8 Å². The molecule has 1 aromatic heterocycles. The molecule has 0 radical (unpaired) electrons. The molecule has 0 saturated heterocycles. The first kappa shape index (κ1) is 19.5. The van der Waals surface area contributed by atoms with E-state index < -0.39 is 0 Å². The van der Waals surface area contributed by atoms with Gasteiger partial charge in [-0.05, 0) is 60.9 Å². The van der Waals surface area contributed by atoms with Crippen LogP contribution in [0.5, 0.6) is 5.75 Å². The first-order valence-electron chi connectivity index (χ1n) is 9.59. The lowest BCUT2D eigenvalue weighted by Gasteiger charge is -2.14. The summed E-state index contributed by atoms with van der Waals surface area (Å²) in [6.07, 6.45) is 1.52. The van der Waals surface area contributed by atoms with Crippen molar-refractivity contribution in [3.05, 3.63) is 89.0 Å². The molecule has 1 aliphatic heterocycles. The molecule has 1 aliphatic rings. The van der Waals surface area contributed by atoms with Crippen LogP contribution in [0, 0.1) is 13.8 Å². The lowest BCUT2D eigenvalue weighted by atomic mass is 10.0. The van der Waals surface area contributed by atoms with E-state index in [1.54, 1.807) is 43.5 Å². The maximum Gasteiger partial charge on any atom is 0.278 e. The summed E-state index contributed by atoms with van der Waals surface area (Å²) in [7, 11) is 1.58. The largest absolute Gasteiger partial charge is 0.497 e. The van der Waals surface area contributed by atoms with Gasteiger partial charge in [-0.25, -0.2) is 0 Å². The number of hydrogen-bond acceptors (Lipinski definition) is 5. The quantitative estimate of drug-likeness (QED) is 0.623. The SMILES string of the molecule is COc1ccc(C2=C(Nc3cc(C)ccc3C)C(=O)N(Cc3ccco3)C2=O)cc1. The van der Waals surface area contributed by atoms with E-state index in [0.29, 0.717) is 22.6 Å². The summed E-state index contributed by atoms with van der Waals surface area (Å²) in [5.74, 6) is 0.462. The second-order valence-corrected chi connectivity index (χ2v) is 7.20. The number of aryl methyl sites for hydroxylation is 2. The van der Waals surface area contributed by atoms with Crippen molar-refractivity contribution in [1.82, 2.24) is 4.90 Å². The molecule has 6 nitrogen and oxygen atoms in total. The number of furan rings is 1. The highest BCUT2D eigenvalue weighted by Gasteiger charge is 2.39. The Kier molecular flexibility index (Phi) is 5.14. The summed E-state index contributed by atoms with van der Waals surface area (Å²) in [5.41, 5.74) is 4.05. The molecule has 152 valence electrons. The van der Waals surface area contributed by atoms with Crippen LogP contribution in [-0.2, 0) is 16.1 Å². The molecule has 6 heteroatoms. The molecule has 0 atom stereocenters. The summed E-state index contributed by atoms with van der Waals surface area (Å²) in [4.78, 5) is 27.8. The van der Waals surface area contributed by atoms with Crippen molar-refractivity contribution >= 4 is 23.1 Å². The number of methoxy groups -OCH3 is 1. The Morgan fingerprint density at radius 3 is 2.43 bits per heavy atom. The van der Waals surface area contributed by atoms with Gasteiger partial charge in [0.1, 0.15) is 17.2 Å². The summed E-state index contributed by atoms with van der Waals surface area (Å²) in [6, 6.07) is 16.5. The molecular weight excluding hydrogens is 380 g/mol. The first-order chi connectivity index (χ1) is 14.5. The standard InChI is InChI=1S/C24H22N2O4/c1-15-6-7-16(2)20(13-15)25-22-21(17-8-10-18(29-3)11-9-17)23(27)26(24(22)28)14-19-5-4-12-30-19/h4-13,25H,14H2,1-3H3. The second-order valence-electron chi connectivity index (χ2n) is 7.20. The van der Waals surface area contributed by atoms with Gasteiger partial charge >= 0.3 is 0 Å². The van der Waals surface area contributed by atoms with E-state index in [4.69, 9.17) is 9.15 Å². The number of ether oxygens (including phenoxy) is 1. The third-order valence-electron chi connectivity index (χ3n) is 5.09. The average molecular weight is 402 g/mol. The summed E-state index contributed by atoms with van der Waals surface area (Å²) >= 11 is 0. The summed E-state index contributed by atoms with van der Waals surface area (Å²) < 4.78 is 10.6. The van der Waals surface area contributed by atoms with E-state index in [0.717, 1.165) is 16.8 Å². The molecule has 0 unspecified atom stereocenters. The normalized spacial score (nSPS) is 13.9. The van der Waals surface area contributed by atoms with Crippen LogP contribution in [0.1, 0.15) is 22.5 Å². The Balaban J connectivity index is 1.77. The number of rotatable bonds is 6. The van der Waals surface area contributed by atoms with Gasteiger partial charge < -0.3 is 14.5 Å². The molecule has 30 heavy (non-hydrogen) atoms. The molecule has 0 spiro atoms. The first-order valence-corrected chi connectivity index (χ1v) is 9.59. The Morgan fingerprint density at radius 2 is 1.77 bits per heavy atom. The monoisotopic (exact) mass is 402 g/mol. The van der Waals surface area contributed by atoms with E-state index in [1.807, 2.05) is 32.0 Å². The number of nitrogens with one attached hydrogen (secondary N) is 1. The third kappa shape index (κ3) is 3.59. The maximum absolute atomic E-state index is 13.3. The topological polar surface area (TPSA) is 71.8 Å². The zero-order valence-corrected chi connectivity index (χ0v) is 17.1. The highest BCUT2D eigenvalue weighted by atomic mass is 16.5. The van der Waals surface area contributed by atoms with Gasteiger partial charge in [0, 0.05) is 5.69 Å². The van der Waals surface area contributed by atoms with Crippen LogP contribution in [0.3, 0.4) is 0 Å². The average Bonchev–Trinajstić information content (AvgIpc) is 3.34. The van der Waals surface area contributed by atoms with Crippen molar-refractivity contribution in [3.8, 4) is 5.75 Å². The van der Waals surface area contributed by atoms with Gasteiger partial charge in [-0.2, -0.15) is 0 Å². The minimum Gasteiger partial charge on any atom is -0.497 e.